The van der Waals surface area contributed by atoms with Crippen LogP contribution in [0.3, 0.4) is 0 Å². The number of hydrogen-bond acceptors (Lipinski definition) is 1. The number of benzene rings is 1. The number of aliphatic carboxylic acids is 1. The first-order chi connectivity index (χ1) is 8.15. The van der Waals surface area contributed by atoms with Crippen molar-refractivity contribution in [2.75, 3.05) is 0 Å². The average Bonchev–Trinajstić information content (AvgIpc) is 2.24. The third-order valence-corrected chi connectivity index (χ3v) is 4.12. The van der Waals surface area contributed by atoms with Crippen LogP contribution in [-0.4, -0.2) is 11.1 Å². The zero-order chi connectivity index (χ0) is 12.3. The van der Waals surface area contributed by atoms with Gasteiger partial charge in [-0.05, 0) is 36.5 Å². The van der Waals surface area contributed by atoms with Crippen LogP contribution in [0.2, 0.25) is 0 Å². The molecule has 0 saturated heterocycles. The summed E-state index contributed by atoms with van der Waals surface area (Å²) >= 11 is 3.38. The lowest BCUT2D eigenvalue weighted by molar-refractivity contribution is -0.142. The van der Waals surface area contributed by atoms with Gasteiger partial charge in [-0.15, -0.1) is 0 Å². The van der Waals surface area contributed by atoms with Crippen LogP contribution in [0.4, 0.5) is 0 Å². The van der Waals surface area contributed by atoms with Crippen LogP contribution in [0.25, 0.3) is 0 Å². The molecule has 17 heavy (non-hydrogen) atoms. The van der Waals surface area contributed by atoms with Gasteiger partial charge >= 0.3 is 5.97 Å². The van der Waals surface area contributed by atoms with E-state index in [1.54, 1.807) is 0 Å². The molecule has 3 heteroatoms. The van der Waals surface area contributed by atoms with Crippen molar-refractivity contribution in [3.05, 3.63) is 34.3 Å². The van der Waals surface area contributed by atoms with Gasteiger partial charge in [-0.3, -0.25) is 4.79 Å². The van der Waals surface area contributed by atoms with Gasteiger partial charge in [0, 0.05) is 4.47 Å². The second-order valence-corrected chi connectivity index (χ2v) is 5.81. The normalized spacial score (nSPS) is 17.5. The Morgan fingerprint density at radius 1 is 1.35 bits per heavy atom. The molecule has 1 atom stereocenters. The minimum Gasteiger partial charge on any atom is -0.481 e. The van der Waals surface area contributed by atoms with E-state index in [2.05, 4.69) is 15.9 Å². The van der Waals surface area contributed by atoms with Gasteiger partial charge in [-0.25, -0.2) is 0 Å². The van der Waals surface area contributed by atoms with E-state index < -0.39 is 5.97 Å². The van der Waals surface area contributed by atoms with Crippen LogP contribution >= 0.6 is 15.9 Å². The molecular weight excluding hydrogens is 280 g/mol. The van der Waals surface area contributed by atoms with Gasteiger partial charge < -0.3 is 5.11 Å². The summed E-state index contributed by atoms with van der Waals surface area (Å²) in [5.41, 5.74) is 1.11. The first kappa shape index (κ1) is 12.6. The molecule has 2 rings (SSSR count). The fraction of sp³-hybridized carbons (Fsp3) is 0.500. The van der Waals surface area contributed by atoms with Crippen LogP contribution in [0.5, 0.6) is 0 Å². The van der Waals surface area contributed by atoms with Crippen molar-refractivity contribution in [2.45, 2.75) is 32.1 Å². The smallest absolute Gasteiger partial charge is 0.306 e. The predicted octanol–water partition coefficient (Wildman–Crippen LogP) is 3.88. The lowest BCUT2D eigenvalue weighted by Gasteiger charge is -2.28. The van der Waals surface area contributed by atoms with Gasteiger partial charge in [-0.1, -0.05) is 47.3 Å². The minimum absolute atomic E-state index is 0.221. The Hall–Kier alpha value is -0.830. The molecule has 0 radical (unpaired) electrons. The van der Waals surface area contributed by atoms with E-state index in [0.29, 0.717) is 12.3 Å². The zero-order valence-electron chi connectivity index (χ0n) is 9.73. The maximum absolute atomic E-state index is 11.2. The zero-order valence-corrected chi connectivity index (χ0v) is 11.3. The number of carboxylic acids is 1. The van der Waals surface area contributed by atoms with Crippen molar-refractivity contribution in [1.82, 2.24) is 0 Å². The largest absolute Gasteiger partial charge is 0.481 e. The highest BCUT2D eigenvalue weighted by Gasteiger charge is 2.26. The van der Waals surface area contributed by atoms with Crippen LogP contribution in [0, 0.1) is 11.8 Å². The molecule has 1 aliphatic carbocycles. The van der Waals surface area contributed by atoms with Crippen molar-refractivity contribution in [3.8, 4) is 0 Å². The van der Waals surface area contributed by atoms with E-state index in [9.17, 15) is 9.90 Å². The summed E-state index contributed by atoms with van der Waals surface area (Å²) in [6.07, 6.45) is 5.19. The van der Waals surface area contributed by atoms with Crippen molar-refractivity contribution >= 4 is 21.9 Å². The number of rotatable bonds is 5. The highest BCUT2D eigenvalue weighted by Crippen LogP contribution is 2.33. The Balaban J connectivity index is 1.96. The van der Waals surface area contributed by atoms with Gasteiger partial charge in [0.15, 0.2) is 0 Å². The molecule has 2 nitrogen and oxygen atoms in total. The molecule has 1 fully saturated rings. The molecule has 92 valence electrons. The second kappa shape index (κ2) is 5.67. The van der Waals surface area contributed by atoms with Crippen LogP contribution in [0.1, 0.15) is 31.2 Å². The lowest BCUT2D eigenvalue weighted by atomic mass is 9.77. The Labute approximate surface area is 110 Å². The molecule has 1 unspecified atom stereocenters. The minimum atomic E-state index is -0.653. The lowest BCUT2D eigenvalue weighted by Crippen LogP contribution is -2.23. The van der Waals surface area contributed by atoms with E-state index in [1.165, 1.54) is 19.3 Å². The van der Waals surface area contributed by atoms with Crippen LogP contribution in [0.15, 0.2) is 28.7 Å². The Morgan fingerprint density at radius 3 is 2.47 bits per heavy atom. The number of hydrogen-bond donors (Lipinski definition) is 1. The first-order valence-electron chi connectivity index (χ1n) is 6.12. The molecule has 0 aliphatic heterocycles. The molecule has 0 aromatic heterocycles. The molecular formula is C14H17BrO2. The SMILES string of the molecule is O=C(O)C(Cc1ccc(Br)cc1)CC1CCC1. The van der Waals surface area contributed by atoms with E-state index in [4.69, 9.17) is 0 Å². The van der Waals surface area contributed by atoms with Gasteiger partial charge in [-0.2, -0.15) is 0 Å². The van der Waals surface area contributed by atoms with Crippen molar-refractivity contribution in [1.29, 1.82) is 0 Å². The molecule has 1 aromatic rings. The summed E-state index contributed by atoms with van der Waals surface area (Å²) in [5, 5.41) is 9.25. The number of carboxylic acid groups (broad SMARTS) is 1. The highest BCUT2D eigenvalue weighted by molar-refractivity contribution is 9.10. The fourth-order valence-corrected chi connectivity index (χ4v) is 2.57. The van der Waals surface area contributed by atoms with Gasteiger partial charge in [0.2, 0.25) is 0 Å². The summed E-state index contributed by atoms with van der Waals surface area (Å²) in [5.74, 6) is -0.229. The monoisotopic (exact) mass is 296 g/mol. The van der Waals surface area contributed by atoms with Crippen molar-refractivity contribution in [2.24, 2.45) is 11.8 Å². The number of halogens is 1. The van der Waals surface area contributed by atoms with Gasteiger partial charge in [0.1, 0.15) is 0 Å². The summed E-state index contributed by atoms with van der Waals surface area (Å²) in [4.78, 5) is 11.2. The molecule has 0 amide bonds. The van der Waals surface area contributed by atoms with Crippen molar-refractivity contribution < 1.29 is 9.90 Å². The standard InChI is InChI=1S/C14H17BrO2/c15-13-6-4-11(5-7-13)9-12(14(16)17)8-10-2-1-3-10/h4-7,10,12H,1-3,8-9H2,(H,16,17). The van der Waals surface area contributed by atoms with E-state index in [-0.39, 0.29) is 5.92 Å². The quantitative estimate of drug-likeness (QED) is 0.895. The topological polar surface area (TPSA) is 37.3 Å². The Kier molecular flexibility index (Phi) is 4.21. The maximum Gasteiger partial charge on any atom is 0.306 e. The first-order valence-corrected chi connectivity index (χ1v) is 6.91. The van der Waals surface area contributed by atoms with Gasteiger partial charge in [0.05, 0.1) is 5.92 Å². The third-order valence-electron chi connectivity index (χ3n) is 3.59. The van der Waals surface area contributed by atoms with Gasteiger partial charge in [0.25, 0.3) is 0 Å². The van der Waals surface area contributed by atoms with Crippen LogP contribution < -0.4 is 0 Å². The molecule has 0 spiro atoms. The Bertz CT molecular complexity index is 382. The molecule has 1 N–H and O–H groups in total. The molecule has 1 saturated carbocycles. The molecule has 1 aromatic carbocycles. The Morgan fingerprint density at radius 2 is 2.00 bits per heavy atom. The maximum atomic E-state index is 11.2. The second-order valence-electron chi connectivity index (χ2n) is 4.90. The summed E-state index contributed by atoms with van der Waals surface area (Å²) in [6.45, 7) is 0. The summed E-state index contributed by atoms with van der Waals surface area (Å²) in [7, 11) is 0. The summed E-state index contributed by atoms with van der Waals surface area (Å²) < 4.78 is 1.03. The van der Waals surface area contributed by atoms with Crippen molar-refractivity contribution in [3.63, 3.8) is 0 Å². The fourth-order valence-electron chi connectivity index (χ4n) is 2.31. The summed E-state index contributed by atoms with van der Waals surface area (Å²) in [6, 6.07) is 7.94. The van der Waals surface area contributed by atoms with Crippen LogP contribution in [-0.2, 0) is 11.2 Å². The average molecular weight is 297 g/mol. The third kappa shape index (κ3) is 3.56. The molecule has 0 bridgehead atoms. The van der Waals surface area contributed by atoms with E-state index >= 15 is 0 Å². The van der Waals surface area contributed by atoms with E-state index in [0.717, 1.165) is 16.5 Å². The highest BCUT2D eigenvalue weighted by atomic mass is 79.9. The molecule has 0 heterocycles. The number of carbonyl (C=O) groups is 1. The predicted molar refractivity (Wildman–Crippen MR) is 70.9 cm³/mol. The van der Waals surface area contributed by atoms with E-state index in [1.807, 2.05) is 24.3 Å². The molecule has 1 aliphatic rings.